The molecule has 0 radical (unpaired) electrons. The van der Waals surface area contributed by atoms with Crippen molar-refractivity contribution in [3.05, 3.63) is 66.0 Å². The van der Waals surface area contributed by atoms with E-state index in [1.165, 1.54) is 6.20 Å². The van der Waals surface area contributed by atoms with Gasteiger partial charge in [0, 0.05) is 25.5 Å². The van der Waals surface area contributed by atoms with Crippen molar-refractivity contribution < 1.29 is 9.53 Å². The van der Waals surface area contributed by atoms with Gasteiger partial charge in [0.25, 0.3) is 5.91 Å². The summed E-state index contributed by atoms with van der Waals surface area (Å²) in [6.45, 7) is 5.03. The molecule has 0 bridgehead atoms. The van der Waals surface area contributed by atoms with Gasteiger partial charge in [-0.2, -0.15) is 5.10 Å². The van der Waals surface area contributed by atoms with Gasteiger partial charge in [-0.15, -0.1) is 0 Å². The largest absolute Gasteiger partial charge is 0.379 e. The van der Waals surface area contributed by atoms with Crippen LogP contribution in [0.25, 0.3) is 0 Å². The molecule has 1 aromatic heterocycles. The van der Waals surface area contributed by atoms with E-state index in [2.05, 4.69) is 32.5 Å². The first-order valence-electron chi connectivity index (χ1n) is 8.37. The van der Waals surface area contributed by atoms with Gasteiger partial charge in [0.05, 0.1) is 30.5 Å². The molecule has 0 saturated carbocycles. The molecule has 0 aliphatic carbocycles. The van der Waals surface area contributed by atoms with Crippen LogP contribution in [0.1, 0.15) is 28.9 Å². The number of aromatic nitrogens is 1. The van der Waals surface area contributed by atoms with Gasteiger partial charge in [-0.05, 0) is 24.6 Å². The topological polar surface area (TPSA) is 66.8 Å². The maximum atomic E-state index is 12.2. The van der Waals surface area contributed by atoms with Crippen LogP contribution in [0.2, 0.25) is 0 Å². The molecule has 0 spiro atoms. The maximum absolute atomic E-state index is 12.2. The quantitative estimate of drug-likeness (QED) is 0.671. The van der Waals surface area contributed by atoms with E-state index in [4.69, 9.17) is 4.74 Å². The minimum absolute atomic E-state index is 0.0132. The van der Waals surface area contributed by atoms with Crippen molar-refractivity contribution in [1.82, 2.24) is 15.3 Å². The summed E-state index contributed by atoms with van der Waals surface area (Å²) in [4.78, 5) is 18.5. The van der Waals surface area contributed by atoms with Crippen molar-refractivity contribution in [1.29, 1.82) is 0 Å². The molecule has 2 heterocycles. The van der Waals surface area contributed by atoms with Gasteiger partial charge in [0.1, 0.15) is 0 Å². The Morgan fingerprint density at radius 1 is 1.20 bits per heavy atom. The van der Waals surface area contributed by atoms with Crippen molar-refractivity contribution in [3.8, 4) is 0 Å². The van der Waals surface area contributed by atoms with E-state index in [1.807, 2.05) is 25.1 Å². The van der Waals surface area contributed by atoms with Crippen LogP contribution in [0.5, 0.6) is 0 Å². The Labute approximate surface area is 147 Å². The fourth-order valence-corrected chi connectivity index (χ4v) is 2.95. The van der Waals surface area contributed by atoms with E-state index >= 15 is 0 Å². The van der Waals surface area contributed by atoms with E-state index in [0.717, 1.165) is 24.4 Å². The second-order valence-electron chi connectivity index (χ2n) is 5.90. The number of benzene rings is 1. The number of carbonyl (C=O) groups excluding carboxylic acids is 1. The van der Waals surface area contributed by atoms with Gasteiger partial charge in [-0.25, -0.2) is 5.43 Å². The van der Waals surface area contributed by atoms with Gasteiger partial charge in [0.15, 0.2) is 0 Å². The standard InChI is InChI=1S/C19H22N4O2/c1-15(21-22-19(24)17-8-5-9-20-14-17)18(16-6-3-2-4-7-16)23-10-12-25-13-11-23/h2-9,14,18H,10-13H2,1H3,(H,22,24)/b21-15-/t18-/m0/s1. The van der Waals surface area contributed by atoms with Crippen LogP contribution in [0.4, 0.5) is 0 Å². The predicted octanol–water partition coefficient (Wildman–Crippen LogP) is 2.26. The third kappa shape index (κ3) is 4.49. The van der Waals surface area contributed by atoms with Crippen molar-refractivity contribution in [3.63, 3.8) is 0 Å². The summed E-state index contributed by atoms with van der Waals surface area (Å²) in [6, 6.07) is 13.7. The molecule has 2 aromatic rings. The first-order chi connectivity index (χ1) is 12.3. The van der Waals surface area contributed by atoms with Gasteiger partial charge >= 0.3 is 0 Å². The van der Waals surface area contributed by atoms with Crippen LogP contribution in [0, 0.1) is 0 Å². The molecular weight excluding hydrogens is 316 g/mol. The lowest BCUT2D eigenvalue weighted by Gasteiger charge is -2.34. The lowest BCUT2D eigenvalue weighted by Crippen LogP contribution is -2.42. The zero-order chi connectivity index (χ0) is 17.5. The summed E-state index contributed by atoms with van der Waals surface area (Å²) in [7, 11) is 0. The highest BCUT2D eigenvalue weighted by atomic mass is 16.5. The lowest BCUT2D eigenvalue weighted by molar-refractivity contribution is 0.0285. The SMILES string of the molecule is C/C(=N/NC(=O)c1cccnc1)[C@@H](c1ccccc1)N1CCOCC1. The summed E-state index contributed by atoms with van der Waals surface area (Å²) in [5.74, 6) is -0.263. The summed E-state index contributed by atoms with van der Waals surface area (Å²) in [5.41, 5.74) is 5.12. The predicted molar refractivity (Wildman–Crippen MR) is 96.4 cm³/mol. The van der Waals surface area contributed by atoms with E-state index < -0.39 is 0 Å². The van der Waals surface area contributed by atoms with Crippen molar-refractivity contribution in [2.45, 2.75) is 13.0 Å². The highest BCUT2D eigenvalue weighted by molar-refractivity contribution is 5.95. The smallest absolute Gasteiger partial charge is 0.272 e. The number of rotatable bonds is 5. The summed E-state index contributed by atoms with van der Waals surface area (Å²) in [6.07, 6.45) is 3.16. The number of nitrogens with zero attached hydrogens (tertiary/aromatic N) is 3. The number of hydrogen-bond donors (Lipinski definition) is 1. The molecule has 25 heavy (non-hydrogen) atoms. The third-order valence-corrected chi connectivity index (χ3v) is 4.18. The second kappa shape index (κ2) is 8.50. The van der Waals surface area contributed by atoms with Gasteiger partial charge in [0.2, 0.25) is 0 Å². The molecule has 1 saturated heterocycles. The number of pyridine rings is 1. The molecular formula is C19H22N4O2. The van der Waals surface area contributed by atoms with Crippen LogP contribution >= 0.6 is 0 Å². The molecule has 3 rings (SSSR count). The second-order valence-corrected chi connectivity index (χ2v) is 5.90. The monoisotopic (exact) mass is 338 g/mol. The highest BCUT2D eigenvalue weighted by Gasteiger charge is 2.25. The number of hydrazone groups is 1. The van der Waals surface area contributed by atoms with Crippen LogP contribution in [-0.4, -0.2) is 47.8 Å². The number of carbonyl (C=O) groups is 1. The number of nitrogens with one attached hydrogen (secondary N) is 1. The van der Waals surface area contributed by atoms with Crippen LogP contribution in [-0.2, 0) is 4.74 Å². The summed E-state index contributed by atoms with van der Waals surface area (Å²) in [5, 5.41) is 4.36. The molecule has 1 aliphatic rings. The first kappa shape index (κ1) is 17.3. The molecule has 1 aromatic carbocycles. The Bertz CT molecular complexity index is 713. The average molecular weight is 338 g/mol. The number of hydrogen-bond acceptors (Lipinski definition) is 5. The Morgan fingerprint density at radius 2 is 1.96 bits per heavy atom. The molecule has 0 unspecified atom stereocenters. The van der Waals surface area contributed by atoms with Crippen LogP contribution < -0.4 is 5.43 Å². The molecule has 6 heteroatoms. The minimum atomic E-state index is -0.263. The Balaban J connectivity index is 1.78. The highest BCUT2D eigenvalue weighted by Crippen LogP contribution is 2.23. The summed E-state index contributed by atoms with van der Waals surface area (Å²) < 4.78 is 5.46. The van der Waals surface area contributed by atoms with Crippen LogP contribution in [0.15, 0.2) is 60.0 Å². The third-order valence-electron chi connectivity index (χ3n) is 4.18. The molecule has 1 aliphatic heterocycles. The zero-order valence-corrected chi connectivity index (χ0v) is 14.3. The molecule has 6 nitrogen and oxygen atoms in total. The molecule has 1 amide bonds. The molecule has 1 N–H and O–H groups in total. The number of amides is 1. The Hall–Kier alpha value is -2.57. The molecule has 1 fully saturated rings. The average Bonchev–Trinajstić information content (AvgIpc) is 2.69. The zero-order valence-electron chi connectivity index (χ0n) is 14.3. The van der Waals surface area contributed by atoms with Crippen LogP contribution in [0.3, 0.4) is 0 Å². The van der Waals surface area contributed by atoms with Gasteiger partial charge in [-0.3, -0.25) is 14.7 Å². The maximum Gasteiger partial charge on any atom is 0.272 e. The van der Waals surface area contributed by atoms with E-state index in [-0.39, 0.29) is 11.9 Å². The lowest BCUT2D eigenvalue weighted by atomic mass is 10.0. The normalized spacial score (nSPS) is 17.1. The minimum Gasteiger partial charge on any atom is -0.379 e. The van der Waals surface area contributed by atoms with Crippen molar-refractivity contribution in [2.24, 2.45) is 5.10 Å². The van der Waals surface area contributed by atoms with Gasteiger partial charge in [-0.1, -0.05) is 30.3 Å². The van der Waals surface area contributed by atoms with E-state index in [9.17, 15) is 4.79 Å². The van der Waals surface area contributed by atoms with E-state index in [0.29, 0.717) is 18.8 Å². The fraction of sp³-hybridized carbons (Fsp3) is 0.316. The van der Waals surface area contributed by atoms with E-state index in [1.54, 1.807) is 18.3 Å². The van der Waals surface area contributed by atoms with Crippen molar-refractivity contribution >= 4 is 11.6 Å². The Kier molecular flexibility index (Phi) is 5.87. The Morgan fingerprint density at radius 3 is 2.64 bits per heavy atom. The number of morpholine rings is 1. The fourth-order valence-electron chi connectivity index (χ4n) is 2.95. The molecule has 1 atom stereocenters. The summed E-state index contributed by atoms with van der Waals surface area (Å²) >= 11 is 0. The number of ether oxygens (including phenoxy) is 1. The molecule has 130 valence electrons. The van der Waals surface area contributed by atoms with Gasteiger partial charge < -0.3 is 4.74 Å². The van der Waals surface area contributed by atoms with Crippen molar-refractivity contribution in [2.75, 3.05) is 26.3 Å². The first-order valence-corrected chi connectivity index (χ1v) is 8.37.